The first-order valence-corrected chi connectivity index (χ1v) is 10.8. The Morgan fingerprint density at radius 1 is 1.30 bits per heavy atom. The topological polar surface area (TPSA) is 81.1 Å². The van der Waals surface area contributed by atoms with Gasteiger partial charge in [-0.05, 0) is 42.3 Å². The third kappa shape index (κ3) is 3.97. The number of aromatic nitrogens is 3. The number of aryl methyl sites for hydroxylation is 2. The molecule has 1 aliphatic heterocycles. The van der Waals surface area contributed by atoms with E-state index in [9.17, 15) is 4.79 Å². The van der Waals surface area contributed by atoms with Gasteiger partial charge in [0.2, 0.25) is 11.1 Å². The van der Waals surface area contributed by atoms with Crippen LogP contribution in [0, 0.1) is 6.92 Å². The molecule has 3 aromatic rings. The van der Waals surface area contributed by atoms with Crippen LogP contribution in [0.4, 0.5) is 5.69 Å². The van der Waals surface area contributed by atoms with Gasteiger partial charge in [0.25, 0.3) is 0 Å². The number of amides is 1. The van der Waals surface area contributed by atoms with Gasteiger partial charge < -0.3 is 15.5 Å². The Kier molecular flexibility index (Phi) is 5.87. The highest BCUT2D eigenvalue weighted by Crippen LogP contribution is 2.39. The van der Waals surface area contributed by atoms with Gasteiger partial charge in [-0.1, -0.05) is 48.5 Å². The number of thioether (sulfide) groups is 1. The minimum atomic E-state index is -0.476. The number of fused-ring (bicyclic) bond motifs is 1. The minimum Gasteiger partial charge on any atom is -0.495 e. The summed E-state index contributed by atoms with van der Waals surface area (Å²) in [5.74, 6) is 1.27. The highest BCUT2D eigenvalue weighted by Gasteiger charge is 2.38. The Labute approximate surface area is 184 Å². The van der Waals surface area contributed by atoms with Gasteiger partial charge in [-0.2, -0.15) is 0 Å². The van der Waals surface area contributed by atoms with Crippen LogP contribution in [0.1, 0.15) is 29.9 Å². The quantitative estimate of drug-likeness (QED) is 0.614. The second-order valence-electron chi connectivity index (χ2n) is 6.99. The van der Waals surface area contributed by atoms with E-state index in [-0.39, 0.29) is 11.9 Å². The van der Waals surface area contributed by atoms with Crippen molar-refractivity contribution in [2.75, 3.05) is 17.9 Å². The lowest BCUT2D eigenvalue weighted by molar-refractivity contribution is -0.116. The summed E-state index contributed by atoms with van der Waals surface area (Å²) in [4.78, 5) is 13.3. The van der Waals surface area contributed by atoms with E-state index < -0.39 is 5.25 Å². The number of hydrogen-bond acceptors (Lipinski definition) is 6. The Hall–Kier alpha value is -2.71. The van der Waals surface area contributed by atoms with E-state index >= 15 is 0 Å². The number of nitrogens with one attached hydrogen (secondary N) is 2. The van der Waals surface area contributed by atoms with Crippen molar-refractivity contribution in [1.82, 2.24) is 14.9 Å². The highest BCUT2D eigenvalue weighted by molar-refractivity contribution is 8.00. The van der Waals surface area contributed by atoms with Crippen molar-refractivity contribution in [3.05, 3.63) is 64.4 Å². The SMILES string of the molecule is CCc1nnc2n1N[C@@H](c1ccc(OC)c(Cl)c1)[C@H](C(=O)Nc1cccc(C)c1)S2. The molecule has 0 unspecified atom stereocenters. The lowest BCUT2D eigenvalue weighted by Crippen LogP contribution is -2.41. The molecule has 0 bridgehead atoms. The van der Waals surface area contributed by atoms with Crippen LogP contribution in [0.5, 0.6) is 5.75 Å². The van der Waals surface area contributed by atoms with Crippen molar-refractivity contribution < 1.29 is 9.53 Å². The molecular weight excluding hydrogens is 422 g/mol. The molecule has 7 nitrogen and oxygen atoms in total. The molecule has 2 N–H and O–H groups in total. The lowest BCUT2D eigenvalue weighted by Gasteiger charge is -2.33. The normalized spacial score (nSPS) is 17.7. The van der Waals surface area contributed by atoms with Gasteiger partial charge in [0.1, 0.15) is 11.0 Å². The Balaban J connectivity index is 1.69. The van der Waals surface area contributed by atoms with Crippen LogP contribution in [-0.2, 0) is 11.2 Å². The number of carbonyl (C=O) groups is 1. The van der Waals surface area contributed by atoms with Crippen LogP contribution in [0.15, 0.2) is 47.6 Å². The summed E-state index contributed by atoms with van der Waals surface area (Å²) in [6.07, 6.45) is 0.719. The number of rotatable bonds is 5. The molecular formula is C21H22ClN5O2S. The Morgan fingerprint density at radius 2 is 2.13 bits per heavy atom. The van der Waals surface area contributed by atoms with Crippen LogP contribution in [-0.4, -0.2) is 33.1 Å². The molecule has 30 heavy (non-hydrogen) atoms. The number of anilines is 1. The molecule has 1 aliphatic rings. The standard InChI is InChI=1S/C21H22ClN5O2S/c1-4-17-24-25-21-27(17)26-18(13-8-9-16(29-3)15(22)11-13)19(30-21)20(28)23-14-7-5-6-12(2)10-14/h5-11,18-19,26H,4H2,1-3H3,(H,23,28)/t18-,19+/m0/s1. The molecule has 0 spiro atoms. The Bertz CT molecular complexity index is 1090. The smallest absolute Gasteiger partial charge is 0.240 e. The zero-order chi connectivity index (χ0) is 21.3. The van der Waals surface area contributed by atoms with Gasteiger partial charge in [0.05, 0.1) is 18.2 Å². The second kappa shape index (κ2) is 8.57. The largest absolute Gasteiger partial charge is 0.495 e. The predicted molar refractivity (Wildman–Crippen MR) is 119 cm³/mol. The van der Waals surface area contributed by atoms with E-state index in [1.54, 1.807) is 7.11 Å². The molecule has 2 aromatic carbocycles. The fraction of sp³-hybridized carbons (Fsp3) is 0.286. The van der Waals surface area contributed by atoms with E-state index in [1.807, 2.05) is 61.0 Å². The maximum Gasteiger partial charge on any atom is 0.240 e. The number of hydrogen-bond donors (Lipinski definition) is 2. The number of benzene rings is 2. The number of carbonyl (C=O) groups excluding carboxylic acids is 1. The number of halogens is 1. The molecule has 4 rings (SSSR count). The van der Waals surface area contributed by atoms with Crippen molar-refractivity contribution in [2.24, 2.45) is 0 Å². The summed E-state index contributed by atoms with van der Waals surface area (Å²) in [7, 11) is 1.57. The van der Waals surface area contributed by atoms with Crippen molar-refractivity contribution in [3.63, 3.8) is 0 Å². The molecule has 1 amide bonds. The molecule has 9 heteroatoms. The summed E-state index contributed by atoms with van der Waals surface area (Å²) < 4.78 is 7.12. The number of methoxy groups -OCH3 is 1. The number of ether oxygens (including phenoxy) is 1. The first-order chi connectivity index (χ1) is 14.5. The van der Waals surface area contributed by atoms with Gasteiger partial charge in [0, 0.05) is 12.1 Å². The maximum atomic E-state index is 13.3. The van der Waals surface area contributed by atoms with Gasteiger partial charge >= 0.3 is 0 Å². The average molecular weight is 444 g/mol. The van der Waals surface area contributed by atoms with Crippen LogP contribution in [0.2, 0.25) is 5.02 Å². The second-order valence-corrected chi connectivity index (χ2v) is 8.50. The van der Waals surface area contributed by atoms with E-state index in [4.69, 9.17) is 16.3 Å². The van der Waals surface area contributed by atoms with Gasteiger partial charge in [-0.15, -0.1) is 10.2 Å². The molecule has 2 atom stereocenters. The molecule has 2 heterocycles. The van der Waals surface area contributed by atoms with Crippen LogP contribution < -0.4 is 15.5 Å². The first kappa shape index (κ1) is 20.6. The van der Waals surface area contributed by atoms with Crippen molar-refractivity contribution >= 4 is 35.0 Å². The lowest BCUT2D eigenvalue weighted by atomic mass is 10.0. The third-order valence-electron chi connectivity index (χ3n) is 4.90. The number of nitrogens with zero attached hydrogens (tertiary/aromatic N) is 3. The summed E-state index contributed by atoms with van der Waals surface area (Å²) in [6, 6.07) is 12.9. The fourth-order valence-corrected chi connectivity index (χ4v) is 4.75. The summed E-state index contributed by atoms with van der Waals surface area (Å²) in [6.45, 7) is 4.00. The van der Waals surface area contributed by atoms with E-state index in [0.717, 1.165) is 29.1 Å². The van der Waals surface area contributed by atoms with Gasteiger partial charge in [0.15, 0.2) is 5.82 Å². The molecule has 0 saturated heterocycles. The van der Waals surface area contributed by atoms with E-state index in [0.29, 0.717) is 15.9 Å². The van der Waals surface area contributed by atoms with Crippen LogP contribution in [0.3, 0.4) is 0 Å². The minimum absolute atomic E-state index is 0.123. The highest BCUT2D eigenvalue weighted by atomic mass is 35.5. The summed E-state index contributed by atoms with van der Waals surface area (Å²) in [5, 5.41) is 12.2. The molecule has 0 aliphatic carbocycles. The van der Waals surface area contributed by atoms with Crippen molar-refractivity contribution in [2.45, 2.75) is 36.7 Å². The fourth-order valence-electron chi connectivity index (χ4n) is 3.39. The van der Waals surface area contributed by atoms with E-state index in [2.05, 4.69) is 20.9 Å². The zero-order valence-electron chi connectivity index (χ0n) is 16.8. The predicted octanol–water partition coefficient (Wildman–Crippen LogP) is 4.21. The summed E-state index contributed by atoms with van der Waals surface area (Å²) in [5.41, 5.74) is 6.13. The molecule has 0 radical (unpaired) electrons. The van der Waals surface area contributed by atoms with Gasteiger partial charge in [-0.3, -0.25) is 4.79 Å². The summed E-state index contributed by atoms with van der Waals surface area (Å²) >= 11 is 7.75. The van der Waals surface area contributed by atoms with E-state index in [1.165, 1.54) is 11.8 Å². The van der Waals surface area contributed by atoms with Crippen molar-refractivity contribution in [3.8, 4) is 5.75 Å². The third-order valence-corrected chi connectivity index (χ3v) is 6.41. The van der Waals surface area contributed by atoms with Crippen molar-refractivity contribution in [1.29, 1.82) is 0 Å². The maximum absolute atomic E-state index is 13.3. The monoisotopic (exact) mass is 443 g/mol. The molecule has 0 fully saturated rings. The molecule has 0 saturated carbocycles. The molecule has 1 aromatic heterocycles. The zero-order valence-corrected chi connectivity index (χ0v) is 18.4. The Morgan fingerprint density at radius 3 is 2.83 bits per heavy atom. The average Bonchev–Trinajstić information content (AvgIpc) is 3.15. The molecule has 156 valence electrons. The van der Waals surface area contributed by atoms with Crippen LogP contribution in [0.25, 0.3) is 0 Å². The first-order valence-electron chi connectivity index (χ1n) is 9.58. The van der Waals surface area contributed by atoms with Crippen LogP contribution >= 0.6 is 23.4 Å². The van der Waals surface area contributed by atoms with Gasteiger partial charge in [-0.25, -0.2) is 4.68 Å².